The molecule has 0 spiro atoms. The third-order valence-electron chi connectivity index (χ3n) is 3.80. The maximum Gasteiger partial charge on any atom is 0.128 e. The standard InChI is InChI=1S/C18H31N3OS/c1-14(13-23-18(3,4)5)19-10-16-6-7-17(20-11-16)21-8-9-22-15(2)12-21/h6-7,11,14-15,19H,8-10,12-13H2,1-5H3/t14-,15-/m0/s1. The van der Waals surface area contributed by atoms with Gasteiger partial charge in [-0.1, -0.05) is 26.8 Å². The van der Waals surface area contributed by atoms with Gasteiger partial charge in [-0.25, -0.2) is 4.98 Å². The van der Waals surface area contributed by atoms with Gasteiger partial charge in [0.2, 0.25) is 0 Å². The summed E-state index contributed by atoms with van der Waals surface area (Å²) >= 11 is 2.00. The zero-order chi connectivity index (χ0) is 16.9. The van der Waals surface area contributed by atoms with E-state index >= 15 is 0 Å². The number of hydrogen-bond donors (Lipinski definition) is 1. The molecular formula is C18H31N3OS. The predicted molar refractivity (Wildman–Crippen MR) is 100 cm³/mol. The van der Waals surface area contributed by atoms with Crippen LogP contribution >= 0.6 is 11.8 Å². The van der Waals surface area contributed by atoms with Gasteiger partial charge in [0, 0.05) is 42.4 Å². The quantitative estimate of drug-likeness (QED) is 0.862. The van der Waals surface area contributed by atoms with Crippen molar-refractivity contribution >= 4 is 17.6 Å². The van der Waals surface area contributed by atoms with Gasteiger partial charge < -0.3 is 15.0 Å². The summed E-state index contributed by atoms with van der Waals surface area (Å²) in [5.41, 5.74) is 1.24. The summed E-state index contributed by atoms with van der Waals surface area (Å²) in [6.07, 6.45) is 2.28. The molecule has 1 aliphatic heterocycles. The number of nitrogens with zero attached hydrogens (tertiary/aromatic N) is 2. The van der Waals surface area contributed by atoms with Crippen LogP contribution in [0.1, 0.15) is 40.2 Å². The first-order valence-electron chi connectivity index (χ1n) is 8.52. The first-order chi connectivity index (χ1) is 10.8. The molecule has 0 saturated carbocycles. The molecule has 130 valence electrons. The van der Waals surface area contributed by atoms with Crippen molar-refractivity contribution in [3.05, 3.63) is 23.9 Å². The normalized spacial score (nSPS) is 20.6. The van der Waals surface area contributed by atoms with Crippen LogP contribution < -0.4 is 10.2 Å². The van der Waals surface area contributed by atoms with E-state index in [1.54, 1.807) is 0 Å². The Hall–Kier alpha value is -0.780. The van der Waals surface area contributed by atoms with Gasteiger partial charge in [-0.2, -0.15) is 11.8 Å². The van der Waals surface area contributed by atoms with E-state index in [4.69, 9.17) is 4.74 Å². The highest BCUT2D eigenvalue weighted by molar-refractivity contribution is 8.00. The second-order valence-corrected chi connectivity index (χ2v) is 9.20. The fraction of sp³-hybridized carbons (Fsp3) is 0.722. The van der Waals surface area contributed by atoms with E-state index in [0.717, 1.165) is 37.8 Å². The van der Waals surface area contributed by atoms with Crippen LogP contribution in [0.5, 0.6) is 0 Å². The minimum Gasteiger partial charge on any atom is -0.375 e. The molecular weight excluding hydrogens is 306 g/mol. The highest BCUT2D eigenvalue weighted by Gasteiger charge is 2.17. The van der Waals surface area contributed by atoms with E-state index in [9.17, 15) is 0 Å². The summed E-state index contributed by atoms with van der Waals surface area (Å²) in [4.78, 5) is 6.92. The van der Waals surface area contributed by atoms with Gasteiger partial charge in [0.15, 0.2) is 0 Å². The smallest absolute Gasteiger partial charge is 0.128 e. The largest absolute Gasteiger partial charge is 0.375 e. The van der Waals surface area contributed by atoms with Gasteiger partial charge in [-0.05, 0) is 25.5 Å². The van der Waals surface area contributed by atoms with Crippen LogP contribution in [0.3, 0.4) is 0 Å². The molecule has 5 heteroatoms. The van der Waals surface area contributed by atoms with Crippen LogP contribution in [0, 0.1) is 0 Å². The number of ether oxygens (including phenoxy) is 1. The number of anilines is 1. The van der Waals surface area contributed by atoms with Gasteiger partial charge in [0.05, 0.1) is 12.7 Å². The second-order valence-electron chi connectivity index (χ2n) is 7.36. The van der Waals surface area contributed by atoms with Gasteiger partial charge in [-0.3, -0.25) is 0 Å². The lowest BCUT2D eigenvalue weighted by atomic mass is 10.2. The lowest BCUT2D eigenvalue weighted by Gasteiger charge is -2.32. The third kappa shape index (κ3) is 6.69. The van der Waals surface area contributed by atoms with Crippen molar-refractivity contribution in [2.45, 2.75) is 58.1 Å². The Kier molecular flexibility index (Phi) is 6.74. The molecule has 0 amide bonds. The van der Waals surface area contributed by atoms with Crippen LogP contribution in [0.4, 0.5) is 5.82 Å². The molecule has 0 bridgehead atoms. The molecule has 1 fully saturated rings. The Bertz CT molecular complexity index is 472. The molecule has 1 saturated heterocycles. The highest BCUT2D eigenvalue weighted by atomic mass is 32.2. The molecule has 2 atom stereocenters. The fourth-order valence-electron chi connectivity index (χ4n) is 2.46. The highest BCUT2D eigenvalue weighted by Crippen LogP contribution is 2.23. The molecule has 1 aromatic heterocycles. The van der Waals surface area contributed by atoms with Gasteiger partial charge in [0.1, 0.15) is 5.82 Å². The van der Waals surface area contributed by atoms with Crippen molar-refractivity contribution in [1.82, 2.24) is 10.3 Å². The summed E-state index contributed by atoms with van der Waals surface area (Å²) in [6.45, 7) is 14.7. The molecule has 0 aromatic carbocycles. The Morgan fingerprint density at radius 3 is 2.83 bits per heavy atom. The molecule has 0 radical (unpaired) electrons. The van der Waals surface area contributed by atoms with E-state index in [1.165, 1.54) is 5.56 Å². The summed E-state index contributed by atoms with van der Waals surface area (Å²) in [7, 11) is 0. The average molecular weight is 338 g/mol. The van der Waals surface area contributed by atoms with E-state index in [1.807, 2.05) is 18.0 Å². The van der Waals surface area contributed by atoms with E-state index in [2.05, 4.69) is 62.0 Å². The van der Waals surface area contributed by atoms with Gasteiger partial charge in [-0.15, -0.1) is 0 Å². The lowest BCUT2D eigenvalue weighted by molar-refractivity contribution is 0.0529. The predicted octanol–water partition coefficient (Wildman–Crippen LogP) is 3.32. The number of thioether (sulfide) groups is 1. The SMILES string of the molecule is C[C@@H](CSC(C)(C)C)NCc1ccc(N2CCO[C@@H](C)C2)nc1. The maximum atomic E-state index is 5.58. The number of morpholine rings is 1. The molecule has 1 aromatic rings. The Morgan fingerprint density at radius 1 is 1.43 bits per heavy atom. The van der Waals surface area contributed by atoms with Crippen molar-refractivity contribution in [2.24, 2.45) is 0 Å². The Morgan fingerprint density at radius 2 is 2.22 bits per heavy atom. The van der Waals surface area contributed by atoms with Gasteiger partial charge >= 0.3 is 0 Å². The Balaban J connectivity index is 1.78. The fourth-order valence-corrected chi connectivity index (χ4v) is 3.33. The summed E-state index contributed by atoms with van der Waals surface area (Å²) in [5.74, 6) is 2.18. The number of pyridine rings is 1. The summed E-state index contributed by atoms with van der Waals surface area (Å²) < 4.78 is 5.91. The molecule has 0 aliphatic carbocycles. The molecule has 23 heavy (non-hydrogen) atoms. The number of aromatic nitrogens is 1. The summed E-state index contributed by atoms with van der Waals surface area (Å²) in [5, 5.41) is 3.58. The van der Waals surface area contributed by atoms with Gasteiger partial charge in [0.25, 0.3) is 0 Å². The van der Waals surface area contributed by atoms with Crippen molar-refractivity contribution < 1.29 is 4.74 Å². The number of rotatable bonds is 6. The van der Waals surface area contributed by atoms with Crippen molar-refractivity contribution in [1.29, 1.82) is 0 Å². The van der Waals surface area contributed by atoms with Crippen molar-refractivity contribution in [3.63, 3.8) is 0 Å². The van der Waals surface area contributed by atoms with E-state index < -0.39 is 0 Å². The first-order valence-corrected chi connectivity index (χ1v) is 9.51. The third-order valence-corrected chi connectivity index (χ3v) is 5.33. The van der Waals surface area contributed by atoms with Crippen LogP contribution in [-0.2, 0) is 11.3 Å². The molecule has 4 nitrogen and oxygen atoms in total. The number of nitrogens with one attached hydrogen (secondary N) is 1. The molecule has 2 heterocycles. The van der Waals surface area contributed by atoms with Crippen LogP contribution in [0.2, 0.25) is 0 Å². The first kappa shape index (κ1) is 18.6. The Labute approximate surface area is 145 Å². The average Bonchev–Trinajstić information content (AvgIpc) is 2.51. The zero-order valence-corrected chi connectivity index (χ0v) is 15.9. The summed E-state index contributed by atoms with van der Waals surface area (Å²) in [6, 6.07) is 4.81. The van der Waals surface area contributed by atoms with Crippen molar-refractivity contribution in [2.75, 3.05) is 30.3 Å². The molecule has 1 N–H and O–H groups in total. The molecule has 0 unspecified atom stereocenters. The monoisotopic (exact) mass is 337 g/mol. The zero-order valence-electron chi connectivity index (χ0n) is 15.1. The molecule has 1 aliphatic rings. The minimum atomic E-state index is 0.285. The van der Waals surface area contributed by atoms with Crippen LogP contribution in [0.25, 0.3) is 0 Å². The topological polar surface area (TPSA) is 37.4 Å². The van der Waals surface area contributed by atoms with E-state index in [0.29, 0.717) is 10.8 Å². The van der Waals surface area contributed by atoms with Crippen LogP contribution in [-0.4, -0.2) is 47.3 Å². The van der Waals surface area contributed by atoms with Crippen molar-refractivity contribution in [3.8, 4) is 0 Å². The number of hydrogen-bond acceptors (Lipinski definition) is 5. The maximum absolute atomic E-state index is 5.58. The van der Waals surface area contributed by atoms with Crippen LogP contribution in [0.15, 0.2) is 18.3 Å². The second kappa shape index (κ2) is 8.36. The minimum absolute atomic E-state index is 0.285. The van der Waals surface area contributed by atoms with E-state index in [-0.39, 0.29) is 6.10 Å². The lowest BCUT2D eigenvalue weighted by Crippen LogP contribution is -2.41. The molecule has 2 rings (SSSR count).